The van der Waals surface area contributed by atoms with Crippen molar-refractivity contribution in [3.8, 4) is 0 Å². The largest absolute Gasteiger partial charge is 0.478 e. The highest BCUT2D eigenvalue weighted by Crippen LogP contribution is 2.28. The summed E-state index contributed by atoms with van der Waals surface area (Å²) in [5, 5.41) is 9.34. The van der Waals surface area contributed by atoms with E-state index in [1.165, 1.54) is 24.3 Å². The number of hydrogen-bond donors (Lipinski definition) is 1. The smallest absolute Gasteiger partial charge is 0.355 e. The van der Waals surface area contributed by atoms with Crippen molar-refractivity contribution in [1.82, 2.24) is 0 Å². The van der Waals surface area contributed by atoms with Crippen LogP contribution in [0.2, 0.25) is 5.02 Å². The molecule has 22 heavy (non-hydrogen) atoms. The van der Waals surface area contributed by atoms with E-state index in [0.717, 1.165) is 4.90 Å². The fourth-order valence-corrected chi connectivity index (χ4v) is 2.47. The predicted molar refractivity (Wildman–Crippen MR) is 80.1 cm³/mol. The van der Waals surface area contributed by atoms with Gasteiger partial charge in [0.15, 0.2) is 0 Å². The summed E-state index contributed by atoms with van der Waals surface area (Å²) >= 11 is 5.88. The third-order valence-corrected chi connectivity index (χ3v) is 3.54. The standard InChI is InChI=1S/C15H9ClN2O4/c16-9-2-1-3-10(7-9)18-13(19)11-5-4-8(14(20)21)6-12(11)17-15(18)22/h1-7,11H,(H,20,21). The minimum atomic E-state index is -1.14. The highest BCUT2D eigenvalue weighted by molar-refractivity contribution is 6.33. The van der Waals surface area contributed by atoms with Gasteiger partial charge < -0.3 is 5.11 Å². The number of urea groups is 1. The van der Waals surface area contributed by atoms with E-state index in [9.17, 15) is 14.4 Å². The lowest BCUT2D eigenvalue weighted by molar-refractivity contribution is -0.132. The highest BCUT2D eigenvalue weighted by Gasteiger charge is 2.37. The number of fused-ring (bicyclic) bond motifs is 1. The Labute approximate surface area is 130 Å². The van der Waals surface area contributed by atoms with Crippen molar-refractivity contribution in [2.24, 2.45) is 10.9 Å². The van der Waals surface area contributed by atoms with Gasteiger partial charge in [0.2, 0.25) is 5.91 Å². The second-order valence-electron chi connectivity index (χ2n) is 4.71. The van der Waals surface area contributed by atoms with Gasteiger partial charge in [-0.05, 0) is 24.3 Å². The molecule has 1 unspecified atom stereocenters. The van der Waals surface area contributed by atoms with Gasteiger partial charge in [0.1, 0.15) is 0 Å². The summed E-state index contributed by atoms with van der Waals surface area (Å²) in [4.78, 5) is 40.3. The topological polar surface area (TPSA) is 87.0 Å². The number of allylic oxidation sites excluding steroid dienone is 1. The molecule has 110 valence electrons. The van der Waals surface area contributed by atoms with Crippen LogP contribution in [0.15, 0.2) is 53.1 Å². The van der Waals surface area contributed by atoms with Crippen molar-refractivity contribution in [3.05, 3.63) is 53.1 Å². The van der Waals surface area contributed by atoms with Gasteiger partial charge >= 0.3 is 12.0 Å². The van der Waals surface area contributed by atoms with Crippen molar-refractivity contribution in [1.29, 1.82) is 0 Å². The first-order valence-electron chi connectivity index (χ1n) is 6.32. The Morgan fingerprint density at radius 1 is 1.32 bits per heavy atom. The molecule has 1 N–H and O–H groups in total. The molecule has 7 heteroatoms. The van der Waals surface area contributed by atoms with Gasteiger partial charge in [-0.15, -0.1) is 0 Å². The van der Waals surface area contributed by atoms with Crippen molar-refractivity contribution in [3.63, 3.8) is 0 Å². The lowest BCUT2D eigenvalue weighted by atomic mass is 9.92. The number of amides is 3. The van der Waals surface area contributed by atoms with Gasteiger partial charge in [0.25, 0.3) is 0 Å². The molecule has 0 radical (unpaired) electrons. The lowest BCUT2D eigenvalue weighted by Gasteiger charge is -2.28. The number of hydrogen-bond acceptors (Lipinski definition) is 3. The third-order valence-electron chi connectivity index (χ3n) is 3.31. The molecular formula is C15H9ClN2O4. The number of nitrogens with zero attached hydrogens (tertiary/aromatic N) is 2. The van der Waals surface area contributed by atoms with Crippen LogP contribution >= 0.6 is 11.6 Å². The molecule has 0 aromatic heterocycles. The van der Waals surface area contributed by atoms with Crippen LogP contribution in [0, 0.1) is 5.92 Å². The number of halogens is 1. The number of anilines is 1. The monoisotopic (exact) mass is 316 g/mol. The van der Waals surface area contributed by atoms with Crippen LogP contribution in [0.1, 0.15) is 0 Å². The minimum absolute atomic E-state index is 0.0215. The normalized spacial score (nSPS) is 20.4. The van der Waals surface area contributed by atoms with E-state index in [4.69, 9.17) is 16.7 Å². The number of carbonyl (C=O) groups is 3. The van der Waals surface area contributed by atoms with Gasteiger partial charge in [0, 0.05) is 5.02 Å². The summed E-state index contributed by atoms with van der Waals surface area (Å²) in [6, 6.07) is 5.54. The average molecular weight is 317 g/mol. The first kappa shape index (κ1) is 14.2. The summed E-state index contributed by atoms with van der Waals surface area (Å²) in [5.74, 6) is -2.41. The molecule has 1 atom stereocenters. The molecule has 6 nitrogen and oxygen atoms in total. The van der Waals surface area contributed by atoms with E-state index in [1.807, 2.05) is 0 Å². The highest BCUT2D eigenvalue weighted by atomic mass is 35.5. The summed E-state index contributed by atoms with van der Waals surface area (Å²) in [5.41, 5.74) is 0.437. The summed E-state index contributed by atoms with van der Waals surface area (Å²) in [7, 11) is 0. The van der Waals surface area contributed by atoms with E-state index in [0.29, 0.717) is 10.7 Å². The Hall–Kier alpha value is -2.73. The van der Waals surface area contributed by atoms with Gasteiger partial charge in [-0.3, -0.25) is 4.79 Å². The van der Waals surface area contributed by atoms with Crippen LogP contribution in [0.25, 0.3) is 0 Å². The SMILES string of the molecule is O=C(O)C1=CC2=NC(=O)N(c3cccc(Cl)c3)C(=O)C2C=C1. The zero-order valence-corrected chi connectivity index (χ0v) is 11.8. The number of carboxylic acid groups (broad SMARTS) is 1. The van der Waals surface area contributed by atoms with Crippen molar-refractivity contribution >= 4 is 40.9 Å². The van der Waals surface area contributed by atoms with Crippen LogP contribution in [0.4, 0.5) is 10.5 Å². The van der Waals surface area contributed by atoms with Crippen LogP contribution in [-0.4, -0.2) is 28.7 Å². The van der Waals surface area contributed by atoms with E-state index in [2.05, 4.69) is 4.99 Å². The summed E-state index contributed by atoms with van der Waals surface area (Å²) < 4.78 is 0. The maximum absolute atomic E-state index is 12.5. The Morgan fingerprint density at radius 2 is 2.09 bits per heavy atom. The molecule has 1 aromatic carbocycles. The molecule has 0 bridgehead atoms. The predicted octanol–water partition coefficient (Wildman–Crippen LogP) is 2.44. The Morgan fingerprint density at radius 3 is 2.77 bits per heavy atom. The summed E-state index contributed by atoms with van der Waals surface area (Å²) in [6.45, 7) is 0. The van der Waals surface area contributed by atoms with Crippen LogP contribution < -0.4 is 4.90 Å². The number of rotatable bonds is 2. The molecule has 3 amide bonds. The molecule has 0 saturated carbocycles. The second-order valence-corrected chi connectivity index (χ2v) is 5.15. The molecule has 0 fully saturated rings. The molecular weight excluding hydrogens is 308 g/mol. The second kappa shape index (κ2) is 5.23. The molecule has 1 aliphatic carbocycles. The number of aliphatic imine (C=N–C) groups is 1. The number of imide groups is 1. The number of carbonyl (C=O) groups excluding carboxylic acids is 2. The molecule has 0 spiro atoms. The Bertz CT molecular complexity index is 794. The Balaban J connectivity index is 2.03. The lowest BCUT2D eigenvalue weighted by Crippen LogP contribution is -2.46. The Kier molecular flexibility index (Phi) is 3.38. The molecule has 1 heterocycles. The van der Waals surface area contributed by atoms with Crippen LogP contribution in [0.5, 0.6) is 0 Å². The van der Waals surface area contributed by atoms with E-state index in [1.54, 1.807) is 18.2 Å². The maximum Gasteiger partial charge on any atom is 0.355 e. The van der Waals surface area contributed by atoms with Crippen molar-refractivity contribution in [2.75, 3.05) is 4.90 Å². The molecule has 1 aliphatic heterocycles. The number of benzene rings is 1. The number of carboxylic acids is 1. The zero-order valence-electron chi connectivity index (χ0n) is 11.1. The maximum atomic E-state index is 12.5. The molecule has 0 saturated heterocycles. The van der Waals surface area contributed by atoms with Gasteiger partial charge in [-0.2, -0.15) is 4.99 Å². The first-order valence-corrected chi connectivity index (χ1v) is 6.70. The zero-order chi connectivity index (χ0) is 15.9. The molecule has 2 aliphatic rings. The number of aliphatic carboxylic acids is 1. The third kappa shape index (κ3) is 2.33. The average Bonchev–Trinajstić information content (AvgIpc) is 2.46. The van der Waals surface area contributed by atoms with Crippen molar-refractivity contribution in [2.45, 2.75) is 0 Å². The van der Waals surface area contributed by atoms with E-state index >= 15 is 0 Å². The summed E-state index contributed by atoms with van der Waals surface area (Å²) in [6.07, 6.45) is 3.99. The van der Waals surface area contributed by atoms with E-state index in [-0.39, 0.29) is 11.3 Å². The molecule has 3 rings (SSSR count). The van der Waals surface area contributed by atoms with E-state index < -0.39 is 23.8 Å². The van der Waals surface area contributed by atoms with Gasteiger partial charge in [-0.25, -0.2) is 14.5 Å². The van der Waals surface area contributed by atoms with Crippen LogP contribution in [-0.2, 0) is 9.59 Å². The first-order chi connectivity index (χ1) is 10.5. The molecule has 1 aromatic rings. The fourth-order valence-electron chi connectivity index (χ4n) is 2.29. The van der Waals surface area contributed by atoms with Gasteiger partial charge in [-0.1, -0.05) is 29.8 Å². The minimum Gasteiger partial charge on any atom is -0.478 e. The van der Waals surface area contributed by atoms with Gasteiger partial charge in [0.05, 0.1) is 22.9 Å². The van der Waals surface area contributed by atoms with Crippen LogP contribution in [0.3, 0.4) is 0 Å². The quantitative estimate of drug-likeness (QED) is 0.907. The fraction of sp³-hybridized carbons (Fsp3) is 0.0667. The van der Waals surface area contributed by atoms with Crippen molar-refractivity contribution < 1.29 is 19.5 Å².